The molecule has 0 saturated carbocycles. The highest BCUT2D eigenvalue weighted by Crippen LogP contribution is 2.17. The minimum Gasteiger partial charge on any atom is -0.478 e. The molecule has 0 saturated heterocycles. The molecule has 0 radical (unpaired) electrons. The number of hydrogen-bond donors (Lipinski definition) is 2. The molecule has 82 valence electrons. The molecule has 0 bridgehead atoms. The molecule has 0 aromatic heterocycles. The number of hydrogen-bond acceptors (Lipinski definition) is 3. The normalized spacial score (nSPS) is 9.25. The third kappa shape index (κ3) is 2.82. The van der Waals surface area contributed by atoms with E-state index in [-0.39, 0.29) is 12.0 Å². The summed E-state index contributed by atoms with van der Waals surface area (Å²) in [5.74, 6) is -1.51. The Balaban J connectivity index is 2.95. The summed E-state index contributed by atoms with van der Waals surface area (Å²) in [5, 5.41) is 19.6. The van der Waals surface area contributed by atoms with Gasteiger partial charge in [0.05, 0.1) is 11.6 Å². The molecule has 0 fully saturated rings. The predicted molar refractivity (Wildman–Crippen MR) is 57.0 cm³/mol. The SMILES string of the molecule is Cc1ccc(C(=O)O)cc1NC(=O)CC#N. The van der Waals surface area contributed by atoms with E-state index < -0.39 is 11.9 Å². The van der Waals surface area contributed by atoms with Crippen LogP contribution in [0.1, 0.15) is 22.3 Å². The van der Waals surface area contributed by atoms with Gasteiger partial charge in [-0.1, -0.05) is 6.07 Å². The molecule has 1 aromatic carbocycles. The number of rotatable bonds is 3. The van der Waals surface area contributed by atoms with Gasteiger partial charge in [-0.3, -0.25) is 4.79 Å². The summed E-state index contributed by atoms with van der Waals surface area (Å²) in [6.45, 7) is 1.74. The van der Waals surface area contributed by atoms with Crippen LogP contribution in [0.5, 0.6) is 0 Å². The standard InChI is InChI=1S/C11H10N2O3/c1-7-2-3-8(11(15)16)6-9(7)13-10(14)4-5-12/h2-3,6H,4H2,1H3,(H,13,14)(H,15,16). The largest absolute Gasteiger partial charge is 0.478 e. The van der Waals surface area contributed by atoms with E-state index in [0.29, 0.717) is 5.69 Å². The van der Waals surface area contributed by atoms with Crippen LogP contribution in [-0.4, -0.2) is 17.0 Å². The fourth-order valence-corrected chi connectivity index (χ4v) is 1.16. The smallest absolute Gasteiger partial charge is 0.335 e. The molecule has 0 atom stereocenters. The molecule has 5 heteroatoms. The van der Waals surface area contributed by atoms with Crippen molar-refractivity contribution >= 4 is 17.6 Å². The monoisotopic (exact) mass is 218 g/mol. The number of aryl methyl sites for hydroxylation is 1. The van der Waals surface area contributed by atoms with Gasteiger partial charge >= 0.3 is 5.97 Å². The van der Waals surface area contributed by atoms with Crippen LogP contribution in [0.4, 0.5) is 5.69 Å². The molecule has 2 N–H and O–H groups in total. The molecule has 1 amide bonds. The van der Waals surface area contributed by atoms with Gasteiger partial charge in [-0.05, 0) is 24.6 Å². The number of amides is 1. The van der Waals surface area contributed by atoms with E-state index in [1.807, 2.05) is 0 Å². The average Bonchev–Trinajstić information content (AvgIpc) is 2.21. The second kappa shape index (κ2) is 4.94. The summed E-state index contributed by atoms with van der Waals surface area (Å²) >= 11 is 0. The zero-order valence-electron chi connectivity index (χ0n) is 8.65. The van der Waals surface area contributed by atoms with Crippen molar-refractivity contribution in [3.63, 3.8) is 0 Å². The quantitative estimate of drug-likeness (QED) is 0.805. The molecule has 5 nitrogen and oxygen atoms in total. The highest BCUT2D eigenvalue weighted by molar-refractivity contribution is 5.95. The van der Waals surface area contributed by atoms with Crippen molar-refractivity contribution in [3.05, 3.63) is 29.3 Å². The van der Waals surface area contributed by atoms with Crippen LogP contribution in [0, 0.1) is 18.3 Å². The minimum atomic E-state index is -1.06. The number of nitriles is 1. The first kappa shape index (κ1) is 11.7. The Morgan fingerprint density at radius 2 is 2.19 bits per heavy atom. The fourth-order valence-electron chi connectivity index (χ4n) is 1.16. The highest BCUT2D eigenvalue weighted by atomic mass is 16.4. The topological polar surface area (TPSA) is 90.2 Å². The third-order valence-electron chi connectivity index (χ3n) is 2.00. The first-order valence-corrected chi connectivity index (χ1v) is 4.55. The van der Waals surface area contributed by atoms with Crippen molar-refractivity contribution in [3.8, 4) is 6.07 Å². The number of carbonyl (C=O) groups excluding carboxylic acids is 1. The summed E-state index contributed by atoms with van der Waals surface area (Å²) in [6.07, 6.45) is -0.253. The Labute approximate surface area is 92.3 Å². The number of carbonyl (C=O) groups is 2. The maximum absolute atomic E-state index is 11.2. The second-order valence-corrected chi connectivity index (χ2v) is 3.22. The molecular weight excluding hydrogens is 208 g/mol. The number of aromatic carboxylic acids is 1. The maximum Gasteiger partial charge on any atom is 0.335 e. The molecule has 0 aliphatic rings. The molecule has 1 aromatic rings. The Hall–Kier alpha value is -2.35. The second-order valence-electron chi connectivity index (χ2n) is 3.22. The number of benzene rings is 1. The average molecular weight is 218 g/mol. The summed E-state index contributed by atoms with van der Waals surface area (Å²) < 4.78 is 0. The molecule has 0 unspecified atom stereocenters. The molecule has 0 spiro atoms. The van der Waals surface area contributed by atoms with Gasteiger partial charge in [0.25, 0.3) is 0 Å². The van der Waals surface area contributed by atoms with Crippen LogP contribution >= 0.6 is 0 Å². The van der Waals surface area contributed by atoms with Gasteiger partial charge in [0.15, 0.2) is 0 Å². The van der Waals surface area contributed by atoms with E-state index in [1.165, 1.54) is 12.1 Å². The molecule has 0 aliphatic heterocycles. The summed E-state index contributed by atoms with van der Waals surface area (Å²) in [6, 6.07) is 6.14. The summed E-state index contributed by atoms with van der Waals surface area (Å²) in [4.78, 5) is 21.9. The lowest BCUT2D eigenvalue weighted by molar-refractivity contribution is -0.115. The number of nitrogens with zero attached hydrogens (tertiary/aromatic N) is 1. The zero-order valence-corrected chi connectivity index (χ0v) is 8.65. The number of nitrogens with one attached hydrogen (secondary N) is 1. The third-order valence-corrected chi connectivity index (χ3v) is 2.00. The van der Waals surface area contributed by atoms with Crippen molar-refractivity contribution < 1.29 is 14.7 Å². The van der Waals surface area contributed by atoms with Crippen LogP contribution < -0.4 is 5.32 Å². The van der Waals surface area contributed by atoms with E-state index in [0.717, 1.165) is 5.56 Å². The molecule has 1 rings (SSSR count). The van der Waals surface area contributed by atoms with Crippen LogP contribution in [0.25, 0.3) is 0 Å². The Kier molecular flexibility index (Phi) is 3.62. The van der Waals surface area contributed by atoms with Gasteiger partial charge in [0, 0.05) is 5.69 Å². The van der Waals surface area contributed by atoms with Crippen LogP contribution in [0.15, 0.2) is 18.2 Å². The van der Waals surface area contributed by atoms with Crippen LogP contribution in [0.2, 0.25) is 0 Å². The Morgan fingerprint density at radius 1 is 1.50 bits per heavy atom. The molecular formula is C11H10N2O3. The van der Waals surface area contributed by atoms with E-state index >= 15 is 0 Å². The van der Waals surface area contributed by atoms with Crippen LogP contribution in [0.3, 0.4) is 0 Å². The van der Waals surface area contributed by atoms with Gasteiger partial charge in [-0.25, -0.2) is 4.79 Å². The Morgan fingerprint density at radius 3 is 2.75 bits per heavy atom. The summed E-state index contributed by atoms with van der Waals surface area (Å²) in [7, 11) is 0. The van der Waals surface area contributed by atoms with E-state index in [2.05, 4.69) is 5.32 Å². The lowest BCUT2D eigenvalue weighted by Crippen LogP contribution is -2.12. The minimum absolute atomic E-state index is 0.0952. The number of anilines is 1. The van der Waals surface area contributed by atoms with E-state index in [4.69, 9.17) is 10.4 Å². The van der Waals surface area contributed by atoms with Gasteiger partial charge in [-0.15, -0.1) is 0 Å². The number of carboxylic acids is 1. The molecule has 16 heavy (non-hydrogen) atoms. The first-order valence-electron chi connectivity index (χ1n) is 4.55. The van der Waals surface area contributed by atoms with E-state index in [9.17, 15) is 9.59 Å². The Bertz CT molecular complexity index is 475. The fraction of sp³-hybridized carbons (Fsp3) is 0.182. The van der Waals surface area contributed by atoms with Crippen molar-refractivity contribution in [1.29, 1.82) is 5.26 Å². The van der Waals surface area contributed by atoms with Crippen molar-refractivity contribution in [2.75, 3.05) is 5.32 Å². The number of carboxylic acid groups (broad SMARTS) is 1. The zero-order chi connectivity index (χ0) is 12.1. The molecule has 0 heterocycles. The first-order chi connectivity index (χ1) is 7.54. The summed E-state index contributed by atoms with van der Waals surface area (Å²) in [5.41, 5.74) is 1.26. The lowest BCUT2D eigenvalue weighted by Gasteiger charge is -2.07. The highest BCUT2D eigenvalue weighted by Gasteiger charge is 2.08. The maximum atomic E-state index is 11.2. The van der Waals surface area contributed by atoms with Crippen LogP contribution in [-0.2, 0) is 4.79 Å². The van der Waals surface area contributed by atoms with Gasteiger partial charge < -0.3 is 10.4 Å². The predicted octanol–water partition coefficient (Wildman–Crippen LogP) is 1.55. The van der Waals surface area contributed by atoms with Gasteiger partial charge in [0.2, 0.25) is 5.91 Å². The van der Waals surface area contributed by atoms with E-state index in [1.54, 1.807) is 19.1 Å². The molecule has 0 aliphatic carbocycles. The van der Waals surface area contributed by atoms with Gasteiger partial charge in [0.1, 0.15) is 6.42 Å². The van der Waals surface area contributed by atoms with Crippen molar-refractivity contribution in [2.24, 2.45) is 0 Å². The van der Waals surface area contributed by atoms with Crippen molar-refractivity contribution in [1.82, 2.24) is 0 Å². The van der Waals surface area contributed by atoms with Crippen molar-refractivity contribution in [2.45, 2.75) is 13.3 Å². The van der Waals surface area contributed by atoms with Gasteiger partial charge in [-0.2, -0.15) is 5.26 Å². The lowest BCUT2D eigenvalue weighted by atomic mass is 10.1.